The van der Waals surface area contributed by atoms with Crippen molar-refractivity contribution >= 4 is 0 Å². The van der Waals surface area contributed by atoms with Gasteiger partial charge in [-0.2, -0.15) is 0 Å². The molecule has 0 aliphatic rings. The van der Waals surface area contributed by atoms with E-state index in [0.717, 1.165) is 5.92 Å². The van der Waals surface area contributed by atoms with E-state index in [1.54, 1.807) is 0 Å². The molecule has 1 heterocycles. The summed E-state index contributed by atoms with van der Waals surface area (Å²) in [5.41, 5.74) is 0. The van der Waals surface area contributed by atoms with E-state index in [0.29, 0.717) is 6.04 Å². The predicted molar refractivity (Wildman–Crippen MR) is 157 cm³/mol. The molecule has 1 nitrogen and oxygen atoms in total. The van der Waals surface area contributed by atoms with E-state index in [2.05, 4.69) is 55.9 Å². The molecule has 0 fully saturated rings. The molecule has 0 saturated heterocycles. The van der Waals surface area contributed by atoms with Gasteiger partial charge in [0.1, 0.15) is 0 Å². The molecule has 0 bridgehead atoms. The third kappa shape index (κ3) is 20.0. The highest BCUT2D eigenvalue weighted by molar-refractivity contribution is 4.84. The standard InChI is InChI=1S/C34H64N/c1-4-6-8-10-12-14-15-16-18-19-21-24-28-33(3)32-34(35-30-26-23-27-31-35)29-25-22-20-17-13-11-9-7-5-2/h23,26-27,30-31,33-34H,4-22,24-25,28-29,32H2,1-3H3/q+1. The summed E-state index contributed by atoms with van der Waals surface area (Å²) in [5.74, 6) is 0.842. The zero-order valence-corrected chi connectivity index (χ0v) is 24.5. The molecular formula is C34H64N+. The summed E-state index contributed by atoms with van der Waals surface area (Å²) in [6, 6.07) is 7.26. The van der Waals surface area contributed by atoms with Crippen LogP contribution in [0.25, 0.3) is 0 Å². The van der Waals surface area contributed by atoms with E-state index in [9.17, 15) is 0 Å². The lowest BCUT2D eigenvalue weighted by molar-refractivity contribution is -0.725. The second-order valence-electron chi connectivity index (χ2n) is 11.6. The maximum absolute atomic E-state index is 2.51. The van der Waals surface area contributed by atoms with E-state index in [1.165, 1.54) is 154 Å². The second-order valence-corrected chi connectivity index (χ2v) is 11.6. The fourth-order valence-corrected chi connectivity index (χ4v) is 5.65. The minimum Gasteiger partial charge on any atom is -0.202 e. The molecule has 1 aromatic heterocycles. The summed E-state index contributed by atoms with van der Waals surface area (Å²) in [6.07, 6.45) is 38.9. The lowest BCUT2D eigenvalue weighted by atomic mass is 9.92. The maximum atomic E-state index is 2.51. The molecule has 0 aromatic carbocycles. The van der Waals surface area contributed by atoms with Crippen molar-refractivity contribution in [3.8, 4) is 0 Å². The average molecular weight is 487 g/mol. The van der Waals surface area contributed by atoms with Crippen LogP contribution in [0.2, 0.25) is 0 Å². The number of aromatic nitrogens is 1. The molecule has 0 aliphatic heterocycles. The maximum Gasteiger partial charge on any atom is 0.169 e. The summed E-state index contributed by atoms with van der Waals surface area (Å²) in [5, 5.41) is 0. The van der Waals surface area contributed by atoms with E-state index in [-0.39, 0.29) is 0 Å². The summed E-state index contributed by atoms with van der Waals surface area (Å²) >= 11 is 0. The number of rotatable bonds is 26. The van der Waals surface area contributed by atoms with Gasteiger partial charge in [-0.05, 0) is 12.3 Å². The number of pyridine rings is 1. The van der Waals surface area contributed by atoms with Crippen LogP contribution in [0.1, 0.15) is 181 Å². The first-order valence-corrected chi connectivity index (χ1v) is 16.2. The van der Waals surface area contributed by atoms with Crippen molar-refractivity contribution in [3.05, 3.63) is 30.6 Å². The quantitative estimate of drug-likeness (QED) is 0.0905. The second kappa shape index (κ2) is 24.8. The molecular weight excluding hydrogens is 422 g/mol. The first kappa shape index (κ1) is 32.2. The van der Waals surface area contributed by atoms with Gasteiger partial charge in [0, 0.05) is 25.0 Å². The van der Waals surface area contributed by atoms with Crippen LogP contribution in [0.5, 0.6) is 0 Å². The normalized spacial score (nSPS) is 13.2. The first-order valence-electron chi connectivity index (χ1n) is 16.2. The average Bonchev–Trinajstić information content (AvgIpc) is 2.88. The number of nitrogens with zero attached hydrogens (tertiary/aromatic N) is 1. The van der Waals surface area contributed by atoms with Gasteiger partial charge in [-0.3, -0.25) is 0 Å². The molecule has 2 atom stereocenters. The molecule has 1 heteroatoms. The zero-order valence-electron chi connectivity index (χ0n) is 24.5. The molecule has 1 aromatic rings. The molecule has 0 saturated carbocycles. The van der Waals surface area contributed by atoms with Crippen molar-refractivity contribution in [2.75, 3.05) is 0 Å². The highest BCUT2D eigenvalue weighted by Gasteiger charge is 2.20. The van der Waals surface area contributed by atoms with Gasteiger partial charge in [0.25, 0.3) is 0 Å². The van der Waals surface area contributed by atoms with Crippen LogP contribution in [0.3, 0.4) is 0 Å². The highest BCUT2D eigenvalue weighted by atomic mass is 15.0. The SMILES string of the molecule is CCCCCCCCCCCCCCC(C)CC(CCCCCCCCCCC)[n+]1ccccc1. The van der Waals surface area contributed by atoms with E-state index in [1.807, 2.05) is 0 Å². The van der Waals surface area contributed by atoms with Crippen LogP contribution >= 0.6 is 0 Å². The Morgan fingerprint density at radius 1 is 0.457 bits per heavy atom. The molecule has 0 amide bonds. The van der Waals surface area contributed by atoms with Crippen LogP contribution in [0, 0.1) is 5.92 Å². The van der Waals surface area contributed by atoms with E-state index >= 15 is 0 Å². The van der Waals surface area contributed by atoms with Gasteiger partial charge in [-0.15, -0.1) is 0 Å². The number of hydrogen-bond donors (Lipinski definition) is 0. The Kier molecular flexibility index (Phi) is 22.8. The van der Waals surface area contributed by atoms with Gasteiger partial charge in [0.15, 0.2) is 18.4 Å². The van der Waals surface area contributed by atoms with E-state index in [4.69, 9.17) is 0 Å². The van der Waals surface area contributed by atoms with Crippen molar-refractivity contribution in [3.63, 3.8) is 0 Å². The third-order valence-electron chi connectivity index (χ3n) is 8.03. The van der Waals surface area contributed by atoms with Crippen LogP contribution < -0.4 is 4.57 Å². The molecule has 0 spiro atoms. The molecule has 1 rings (SSSR count). The van der Waals surface area contributed by atoms with Gasteiger partial charge in [-0.1, -0.05) is 162 Å². The Labute approximate surface area is 221 Å². The summed E-state index contributed by atoms with van der Waals surface area (Å²) < 4.78 is 2.50. The van der Waals surface area contributed by atoms with Crippen LogP contribution in [0.4, 0.5) is 0 Å². The lowest BCUT2D eigenvalue weighted by Gasteiger charge is -2.17. The van der Waals surface area contributed by atoms with Crippen LogP contribution in [0.15, 0.2) is 30.6 Å². The Balaban J connectivity index is 2.12. The zero-order chi connectivity index (χ0) is 25.2. The molecule has 0 N–H and O–H groups in total. The van der Waals surface area contributed by atoms with Gasteiger partial charge in [0.05, 0.1) is 0 Å². The predicted octanol–water partition coefficient (Wildman–Crippen LogP) is 11.6. The molecule has 35 heavy (non-hydrogen) atoms. The van der Waals surface area contributed by atoms with Gasteiger partial charge >= 0.3 is 0 Å². The van der Waals surface area contributed by atoms with E-state index < -0.39 is 0 Å². The van der Waals surface area contributed by atoms with Crippen molar-refractivity contribution in [1.82, 2.24) is 0 Å². The lowest BCUT2D eigenvalue weighted by Crippen LogP contribution is -2.39. The fraction of sp³-hybridized carbons (Fsp3) is 0.853. The minimum absolute atomic E-state index is 0.688. The molecule has 0 radical (unpaired) electrons. The van der Waals surface area contributed by atoms with Gasteiger partial charge in [0.2, 0.25) is 0 Å². The third-order valence-corrected chi connectivity index (χ3v) is 8.03. The summed E-state index contributed by atoms with van der Waals surface area (Å²) in [7, 11) is 0. The van der Waals surface area contributed by atoms with Crippen molar-refractivity contribution in [2.45, 2.75) is 181 Å². The highest BCUT2D eigenvalue weighted by Crippen LogP contribution is 2.24. The topological polar surface area (TPSA) is 3.88 Å². The summed E-state index contributed by atoms with van der Waals surface area (Å²) in [6.45, 7) is 7.12. The Bertz CT molecular complexity index is 525. The van der Waals surface area contributed by atoms with Crippen molar-refractivity contribution in [1.29, 1.82) is 0 Å². The van der Waals surface area contributed by atoms with Gasteiger partial charge < -0.3 is 0 Å². The van der Waals surface area contributed by atoms with Crippen LogP contribution in [-0.4, -0.2) is 0 Å². The van der Waals surface area contributed by atoms with Crippen LogP contribution in [-0.2, 0) is 0 Å². The molecule has 0 aliphatic carbocycles. The van der Waals surface area contributed by atoms with Gasteiger partial charge in [-0.25, -0.2) is 4.57 Å². The monoisotopic (exact) mass is 487 g/mol. The largest absolute Gasteiger partial charge is 0.202 e. The first-order chi connectivity index (χ1) is 17.3. The molecule has 204 valence electrons. The molecule has 2 unspecified atom stereocenters. The van der Waals surface area contributed by atoms with Crippen molar-refractivity contribution in [2.24, 2.45) is 5.92 Å². The Morgan fingerprint density at radius 3 is 1.26 bits per heavy atom. The number of unbranched alkanes of at least 4 members (excludes halogenated alkanes) is 19. The van der Waals surface area contributed by atoms with Crippen molar-refractivity contribution < 1.29 is 4.57 Å². The summed E-state index contributed by atoms with van der Waals surface area (Å²) in [4.78, 5) is 0. The number of hydrogen-bond acceptors (Lipinski definition) is 0. The smallest absolute Gasteiger partial charge is 0.169 e. The minimum atomic E-state index is 0.688. The Hall–Kier alpha value is -0.850. The Morgan fingerprint density at radius 2 is 0.829 bits per heavy atom. The fourth-order valence-electron chi connectivity index (χ4n) is 5.65.